The summed E-state index contributed by atoms with van der Waals surface area (Å²) in [5.74, 6) is -0.213. The van der Waals surface area contributed by atoms with Gasteiger partial charge in [-0.25, -0.2) is 0 Å². The maximum atomic E-state index is 12.3. The van der Waals surface area contributed by atoms with Crippen LogP contribution in [0.2, 0.25) is 0 Å². The lowest BCUT2D eigenvalue weighted by Crippen LogP contribution is -2.62. The minimum atomic E-state index is -0.603. The van der Waals surface area contributed by atoms with Crippen LogP contribution in [0.1, 0.15) is 0 Å². The number of carbonyl (C=O) groups is 1. The highest BCUT2D eigenvalue weighted by Crippen LogP contribution is 2.21. The molecule has 1 saturated heterocycles. The molecule has 0 bridgehead atoms. The van der Waals surface area contributed by atoms with Gasteiger partial charge in [0.25, 0.3) is 5.91 Å². The molecule has 5 nitrogen and oxygen atoms in total. The van der Waals surface area contributed by atoms with E-state index >= 15 is 0 Å². The number of amides is 1. The fourth-order valence-electron chi connectivity index (χ4n) is 3.45. The third kappa shape index (κ3) is 1.80. The van der Waals surface area contributed by atoms with E-state index in [4.69, 9.17) is 22.2 Å². The maximum absolute atomic E-state index is 12.3. The Morgan fingerprint density at radius 3 is 2.00 bits per heavy atom. The predicted molar refractivity (Wildman–Crippen MR) is 95.2 cm³/mol. The second kappa shape index (κ2) is 4.82. The third-order valence-electron chi connectivity index (χ3n) is 4.50. The molecule has 2 aliphatic rings. The van der Waals surface area contributed by atoms with Gasteiger partial charge in [-0.1, -0.05) is 48.5 Å². The Kier molecular flexibility index (Phi) is 2.72. The normalized spacial score (nSPS) is 22.0. The molecule has 0 spiro atoms. The zero-order valence-corrected chi connectivity index (χ0v) is 13.3. The number of hydrogen-bond donors (Lipinski definition) is 2. The van der Waals surface area contributed by atoms with Crippen molar-refractivity contribution in [3.8, 4) is 0 Å². The number of carbonyl (C=O) groups excluding carboxylic acids is 1. The SMILES string of the molecule is O=C1NC(=S)NC2N=c3c(c4ccccc4c4ccccc34)=NC12. The van der Waals surface area contributed by atoms with E-state index in [-0.39, 0.29) is 5.91 Å². The lowest BCUT2D eigenvalue weighted by atomic mass is 9.99. The summed E-state index contributed by atoms with van der Waals surface area (Å²) in [7, 11) is 0. The first-order valence-electron chi connectivity index (χ1n) is 7.69. The molecular formula is C18H12N4OS. The highest BCUT2D eigenvalue weighted by atomic mass is 32.1. The smallest absolute Gasteiger partial charge is 0.255 e. The first kappa shape index (κ1) is 13.6. The Bertz CT molecular complexity index is 1170. The first-order valence-corrected chi connectivity index (χ1v) is 8.10. The second-order valence-corrected chi connectivity index (χ2v) is 6.31. The minimum absolute atomic E-state index is 0.213. The Hall–Kier alpha value is -2.86. The summed E-state index contributed by atoms with van der Waals surface area (Å²) in [6.45, 7) is 0. The number of thiocarbonyl (C=S) groups is 1. The zero-order valence-electron chi connectivity index (χ0n) is 12.5. The van der Waals surface area contributed by atoms with Crippen molar-refractivity contribution in [2.75, 3.05) is 0 Å². The zero-order chi connectivity index (χ0) is 16.3. The summed E-state index contributed by atoms with van der Waals surface area (Å²) in [6, 6.07) is 15.6. The summed E-state index contributed by atoms with van der Waals surface area (Å²) in [5, 5.41) is 11.8. The molecule has 0 radical (unpaired) electrons. The quantitative estimate of drug-likeness (QED) is 0.476. The highest BCUT2D eigenvalue weighted by molar-refractivity contribution is 7.80. The van der Waals surface area contributed by atoms with E-state index in [0.717, 1.165) is 32.3 Å². The van der Waals surface area contributed by atoms with Crippen LogP contribution in [0.4, 0.5) is 0 Å². The predicted octanol–water partition coefficient (Wildman–Crippen LogP) is 0.945. The molecule has 1 amide bonds. The molecule has 6 heteroatoms. The number of benzene rings is 3. The van der Waals surface area contributed by atoms with Crippen molar-refractivity contribution in [1.82, 2.24) is 10.6 Å². The van der Waals surface area contributed by atoms with Gasteiger partial charge in [0.1, 0.15) is 0 Å². The summed E-state index contributed by atoms with van der Waals surface area (Å²) in [5.41, 5.74) is 0. The van der Waals surface area contributed by atoms with Gasteiger partial charge in [0.2, 0.25) is 0 Å². The molecule has 2 atom stereocenters. The Balaban J connectivity index is 1.98. The van der Waals surface area contributed by atoms with Gasteiger partial charge in [0, 0.05) is 10.8 Å². The van der Waals surface area contributed by atoms with Crippen LogP contribution in [0.5, 0.6) is 0 Å². The molecule has 0 aromatic heterocycles. The van der Waals surface area contributed by atoms with Gasteiger partial charge in [-0.15, -0.1) is 0 Å². The number of hydrogen-bond acceptors (Lipinski definition) is 4. The van der Waals surface area contributed by atoms with Crippen molar-refractivity contribution in [2.24, 2.45) is 9.98 Å². The van der Waals surface area contributed by atoms with Crippen LogP contribution in [0, 0.1) is 0 Å². The van der Waals surface area contributed by atoms with Crippen molar-refractivity contribution in [1.29, 1.82) is 0 Å². The van der Waals surface area contributed by atoms with Gasteiger partial charge in [-0.2, -0.15) is 0 Å². The largest absolute Gasteiger partial charge is 0.338 e. The summed E-state index contributed by atoms with van der Waals surface area (Å²) in [4.78, 5) is 21.8. The van der Waals surface area contributed by atoms with E-state index in [0.29, 0.717) is 5.11 Å². The van der Waals surface area contributed by atoms with E-state index in [1.54, 1.807) is 0 Å². The van der Waals surface area contributed by atoms with Crippen molar-refractivity contribution in [3.05, 3.63) is 59.2 Å². The minimum Gasteiger partial charge on any atom is -0.338 e. The van der Waals surface area contributed by atoms with Crippen molar-refractivity contribution < 1.29 is 4.79 Å². The summed E-state index contributed by atoms with van der Waals surface area (Å²) >= 11 is 5.08. The first-order chi connectivity index (χ1) is 11.7. The van der Waals surface area contributed by atoms with E-state index in [9.17, 15) is 4.79 Å². The molecule has 1 fully saturated rings. The van der Waals surface area contributed by atoms with Crippen molar-refractivity contribution >= 4 is 44.8 Å². The second-order valence-electron chi connectivity index (χ2n) is 5.90. The Morgan fingerprint density at radius 2 is 1.38 bits per heavy atom. The monoisotopic (exact) mass is 332 g/mol. The standard InChI is InChI=1S/C18H12N4OS/c23-17-15-16(21-18(24)22-17)20-14-12-8-4-2-6-10(12)9-5-1-3-7-11(9)13(14)19-15/h1-8,15-16H,(H2,21,22,23,24). The van der Waals surface area contributed by atoms with Gasteiger partial charge in [0.15, 0.2) is 17.3 Å². The van der Waals surface area contributed by atoms with Gasteiger partial charge < -0.3 is 10.6 Å². The molecule has 0 saturated carbocycles. The van der Waals surface area contributed by atoms with Gasteiger partial charge in [-0.05, 0) is 23.0 Å². The molecule has 0 aliphatic carbocycles. The maximum Gasteiger partial charge on any atom is 0.255 e. The van der Waals surface area contributed by atoms with Crippen LogP contribution in [0.15, 0.2) is 58.5 Å². The number of rotatable bonds is 0. The average molecular weight is 332 g/mol. The van der Waals surface area contributed by atoms with E-state index < -0.39 is 12.2 Å². The molecule has 2 aliphatic heterocycles. The fraction of sp³-hybridized carbons (Fsp3) is 0.111. The highest BCUT2D eigenvalue weighted by Gasteiger charge is 2.35. The Morgan fingerprint density at radius 1 is 0.833 bits per heavy atom. The molecule has 3 aromatic rings. The third-order valence-corrected chi connectivity index (χ3v) is 4.72. The lowest BCUT2D eigenvalue weighted by molar-refractivity contribution is -0.122. The fourth-order valence-corrected chi connectivity index (χ4v) is 3.68. The van der Waals surface area contributed by atoms with Crippen LogP contribution in [0.25, 0.3) is 21.5 Å². The van der Waals surface area contributed by atoms with E-state index in [2.05, 4.69) is 22.8 Å². The van der Waals surface area contributed by atoms with Crippen LogP contribution in [0.3, 0.4) is 0 Å². The number of nitrogens with zero attached hydrogens (tertiary/aromatic N) is 2. The van der Waals surface area contributed by atoms with Crippen LogP contribution < -0.4 is 21.3 Å². The average Bonchev–Trinajstić information content (AvgIpc) is 2.61. The van der Waals surface area contributed by atoms with Crippen LogP contribution in [-0.2, 0) is 4.79 Å². The molecule has 116 valence electrons. The van der Waals surface area contributed by atoms with Crippen molar-refractivity contribution in [2.45, 2.75) is 12.2 Å². The molecular weight excluding hydrogens is 320 g/mol. The molecule has 24 heavy (non-hydrogen) atoms. The van der Waals surface area contributed by atoms with Gasteiger partial charge in [-0.3, -0.25) is 14.8 Å². The summed E-state index contributed by atoms with van der Waals surface area (Å²) in [6.07, 6.45) is -0.455. The molecule has 2 unspecified atom stereocenters. The summed E-state index contributed by atoms with van der Waals surface area (Å²) < 4.78 is 0. The Labute approximate surface area is 142 Å². The van der Waals surface area contributed by atoms with Crippen molar-refractivity contribution in [3.63, 3.8) is 0 Å². The van der Waals surface area contributed by atoms with Gasteiger partial charge >= 0.3 is 0 Å². The molecule has 3 aromatic carbocycles. The number of fused-ring (bicyclic) bond motifs is 7. The molecule has 5 rings (SSSR count). The van der Waals surface area contributed by atoms with Crippen LogP contribution >= 0.6 is 12.2 Å². The van der Waals surface area contributed by atoms with E-state index in [1.807, 2.05) is 36.4 Å². The van der Waals surface area contributed by atoms with Crippen LogP contribution in [-0.4, -0.2) is 23.2 Å². The molecule has 2 heterocycles. The van der Waals surface area contributed by atoms with E-state index in [1.165, 1.54) is 0 Å². The lowest BCUT2D eigenvalue weighted by Gasteiger charge is -2.29. The van der Waals surface area contributed by atoms with Gasteiger partial charge in [0.05, 0.1) is 10.7 Å². The topological polar surface area (TPSA) is 65.8 Å². The number of nitrogens with one attached hydrogen (secondary N) is 2. The molecule has 2 N–H and O–H groups in total.